The summed E-state index contributed by atoms with van der Waals surface area (Å²) in [6.45, 7) is 9.25. The van der Waals surface area contributed by atoms with Crippen molar-refractivity contribution >= 4 is 21.7 Å². The molecule has 0 bridgehead atoms. The fourth-order valence-electron chi connectivity index (χ4n) is 2.03. The molecule has 4 heteroatoms. The van der Waals surface area contributed by atoms with Crippen molar-refractivity contribution < 1.29 is 0 Å². The van der Waals surface area contributed by atoms with Gasteiger partial charge in [0.1, 0.15) is 5.82 Å². The Morgan fingerprint density at radius 2 is 2.06 bits per heavy atom. The first-order chi connectivity index (χ1) is 8.29. The van der Waals surface area contributed by atoms with Gasteiger partial charge in [-0.3, -0.25) is 4.90 Å². The lowest BCUT2D eigenvalue weighted by molar-refractivity contribution is 0.262. The van der Waals surface area contributed by atoms with E-state index in [1.165, 1.54) is 0 Å². The molecule has 1 fully saturated rings. The van der Waals surface area contributed by atoms with Crippen LogP contribution in [0.2, 0.25) is 0 Å². The molecule has 1 saturated heterocycles. The molecule has 0 aromatic carbocycles. The highest BCUT2D eigenvalue weighted by Crippen LogP contribution is 2.16. The zero-order valence-corrected chi connectivity index (χ0v) is 11.6. The second kappa shape index (κ2) is 6.17. The number of anilines is 1. The molecule has 17 heavy (non-hydrogen) atoms. The summed E-state index contributed by atoms with van der Waals surface area (Å²) >= 11 is 3.41. The molecule has 0 radical (unpaired) electrons. The third-order valence-electron chi connectivity index (χ3n) is 3.06. The molecule has 2 heterocycles. The van der Waals surface area contributed by atoms with Gasteiger partial charge in [0.2, 0.25) is 0 Å². The summed E-state index contributed by atoms with van der Waals surface area (Å²) in [5, 5.41) is 0. The van der Waals surface area contributed by atoms with Crippen LogP contribution in [0.15, 0.2) is 35.5 Å². The summed E-state index contributed by atoms with van der Waals surface area (Å²) in [4.78, 5) is 9.26. The standard InChI is InChI=1S/C13H18BrN3/c1-2-3-6-16-7-9-17(10-8-16)13-5-4-12(14)11-15-13/h2,4-5,11H,1,3,6-10H2. The summed E-state index contributed by atoms with van der Waals surface area (Å²) in [7, 11) is 0. The van der Waals surface area contributed by atoms with Crippen molar-refractivity contribution in [2.24, 2.45) is 0 Å². The monoisotopic (exact) mass is 295 g/mol. The normalized spacial score (nSPS) is 17.1. The third-order valence-corrected chi connectivity index (χ3v) is 3.53. The summed E-state index contributed by atoms with van der Waals surface area (Å²) < 4.78 is 1.03. The molecule has 1 aliphatic rings. The van der Waals surface area contributed by atoms with Gasteiger partial charge in [-0.25, -0.2) is 4.98 Å². The lowest BCUT2D eigenvalue weighted by Crippen LogP contribution is -2.46. The van der Waals surface area contributed by atoms with E-state index in [0.717, 1.165) is 49.4 Å². The Labute approximate surface area is 111 Å². The molecule has 0 spiro atoms. The Hall–Kier alpha value is -0.870. The number of pyridine rings is 1. The highest BCUT2D eigenvalue weighted by molar-refractivity contribution is 9.10. The van der Waals surface area contributed by atoms with Gasteiger partial charge in [0, 0.05) is 43.4 Å². The minimum atomic E-state index is 1.03. The van der Waals surface area contributed by atoms with Crippen LogP contribution in [0.1, 0.15) is 6.42 Å². The molecule has 0 aliphatic carbocycles. The smallest absolute Gasteiger partial charge is 0.128 e. The average molecular weight is 296 g/mol. The van der Waals surface area contributed by atoms with E-state index in [0.29, 0.717) is 0 Å². The van der Waals surface area contributed by atoms with Gasteiger partial charge in [-0.15, -0.1) is 6.58 Å². The van der Waals surface area contributed by atoms with Crippen LogP contribution in [0.3, 0.4) is 0 Å². The van der Waals surface area contributed by atoms with Crippen molar-refractivity contribution in [3.8, 4) is 0 Å². The van der Waals surface area contributed by atoms with Crippen LogP contribution < -0.4 is 4.90 Å². The highest BCUT2D eigenvalue weighted by Gasteiger charge is 2.16. The first-order valence-corrected chi connectivity index (χ1v) is 6.78. The van der Waals surface area contributed by atoms with Gasteiger partial charge in [-0.1, -0.05) is 6.08 Å². The Kier molecular flexibility index (Phi) is 4.57. The lowest BCUT2D eigenvalue weighted by Gasteiger charge is -2.35. The number of piperazine rings is 1. The highest BCUT2D eigenvalue weighted by atomic mass is 79.9. The molecule has 2 rings (SSSR count). The molecule has 0 atom stereocenters. The van der Waals surface area contributed by atoms with Gasteiger partial charge in [0.25, 0.3) is 0 Å². The minimum Gasteiger partial charge on any atom is -0.354 e. The number of aromatic nitrogens is 1. The zero-order valence-electron chi connectivity index (χ0n) is 9.98. The topological polar surface area (TPSA) is 19.4 Å². The number of hydrogen-bond donors (Lipinski definition) is 0. The number of nitrogens with zero attached hydrogens (tertiary/aromatic N) is 3. The summed E-state index contributed by atoms with van der Waals surface area (Å²) in [6.07, 6.45) is 4.93. The maximum Gasteiger partial charge on any atom is 0.128 e. The minimum absolute atomic E-state index is 1.03. The van der Waals surface area contributed by atoms with E-state index in [2.05, 4.69) is 43.4 Å². The van der Waals surface area contributed by atoms with E-state index in [9.17, 15) is 0 Å². The Balaban J connectivity index is 1.86. The number of rotatable bonds is 4. The Bertz CT molecular complexity index is 355. The fraction of sp³-hybridized carbons (Fsp3) is 0.462. The maximum absolute atomic E-state index is 4.43. The van der Waals surface area contributed by atoms with Gasteiger partial charge in [-0.2, -0.15) is 0 Å². The van der Waals surface area contributed by atoms with Crippen molar-refractivity contribution in [3.63, 3.8) is 0 Å². The molecule has 92 valence electrons. The lowest BCUT2D eigenvalue weighted by atomic mass is 10.3. The van der Waals surface area contributed by atoms with Crippen LogP contribution in [0, 0.1) is 0 Å². The molecule has 0 unspecified atom stereocenters. The predicted octanol–water partition coefficient (Wildman–Crippen LogP) is 2.54. The van der Waals surface area contributed by atoms with E-state index >= 15 is 0 Å². The fourth-order valence-corrected chi connectivity index (χ4v) is 2.26. The quantitative estimate of drug-likeness (QED) is 0.796. The molecule has 1 aromatic rings. The van der Waals surface area contributed by atoms with Gasteiger partial charge >= 0.3 is 0 Å². The van der Waals surface area contributed by atoms with E-state index in [-0.39, 0.29) is 0 Å². The molecular formula is C13H18BrN3. The van der Waals surface area contributed by atoms with Crippen LogP contribution in [-0.2, 0) is 0 Å². The van der Waals surface area contributed by atoms with Crippen LogP contribution in [-0.4, -0.2) is 42.6 Å². The van der Waals surface area contributed by atoms with Crippen molar-refractivity contribution in [1.29, 1.82) is 0 Å². The third kappa shape index (κ3) is 3.54. The van der Waals surface area contributed by atoms with Crippen molar-refractivity contribution in [3.05, 3.63) is 35.5 Å². The van der Waals surface area contributed by atoms with Crippen LogP contribution in [0.5, 0.6) is 0 Å². The van der Waals surface area contributed by atoms with Crippen LogP contribution in [0.25, 0.3) is 0 Å². The second-order valence-corrected chi connectivity index (χ2v) is 5.16. The largest absolute Gasteiger partial charge is 0.354 e. The van der Waals surface area contributed by atoms with E-state index in [1.54, 1.807) is 0 Å². The first-order valence-electron chi connectivity index (χ1n) is 5.99. The van der Waals surface area contributed by atoms with E-state index in [1.807, 2.05) is 18.3 Å². The van der Waals surface area contributed by atoms with E-state index < -0.39 is 0 Å². The SMILES string of the molecule is C=CCCN1CCN(c2ccc(Br)cn2)CC1. The summed E-state index contributed by atoms with van der Waals surface area (Å²) in [5.41, 5.74) is 0. The Morgan fingerprint density at radius 3 is 2.65 bits per heavy atom. The second-order valence-electron chi connectivity index (χ2n) is 4.24. The first kappa shape index (κ1) is 12.6. The Morgan fingerprint density at radius 1 is 1.29 bits per heavy atom. The molecule has 0 saturated carbocycles. The maximum atomic E-state index is 4.43. The molecule has 3 nitrogen and oxygen atoms in total. The average Bonchev–Trinajstić information content (AvgIpc) is 2.38. The predicted molar refractivity (Wildman–Crippen MR) is 75.4 cm³/mol. The van der Waals surface area contributed by atoms with Gasteiger partial charge in [0.15, 0.2) is 0 Å². The van der Waals surface area contributed by atoms with Crippen molar-refractivity contribution in [2.75, 3.05) is 37.6 Å². The van der Waals surface area contributed by atoms with Crippen LogP contribution in [0.4, 0.5) is 5.82 Å². The van der Waals surface area contributed by atoms with Crippen molar-refractivity contribution in [1.82, 2.24) is 9.88 Å². The van der Waals surface area contributed by atoms with Gasteiger partial charge in [-0.05, 0) is 34.5 Å². The van der Waals surface area contributed by atoms with E-state index in [4.69, 9.17) is 0 Å². The van der Waals surface area contributed by atoms with Gasteiger partial charge < -0.3 is 4.90 Å². The molecule has 0 amide bonds. The summed E-state index contributed by atoms with van der Waals surface area (Å²) in [5.74, 6) is 1.08. The van der Waals surface area contributed by atoms with Gasteiger partial charge in [0.05, 0.1) is 0 Å². The zero-order chi connectivity index (χ0) is 12.1. The number of hydrogen-bond acceptors (Lipinski definition) is 3. The van der Waals surface area contributed by atoms with Crippen molar-refractivity contribution in [2.45, 2.75) is 6.42 Å². The summed E-state index contributed by atoms with van der Waals surface area (Å²) in [6, 6.07) is 4.12. The molecule has 1 aromatic heterocycles. The number of halogens is 1. The molecule has 0 N–H and O–H groups in total. The molecule has 1 aliphatic heterocycles. The molecular weight excluding hydrogens is 278 g/mol. The van der Waals surface area contributed by atoms with Crippen LogP contribution >= 0.6 is 15.9 Å².